The van der Waals surface area contributed by atoms with Gasteiger partial charge in [-0.3, -0.25) is 9.59 Å². The van der Waals surface area contributed by atoms with Gasteiger partial charge in [0.1, 0.15) is 0 Å². The van der Waals surface area contributed by atoms with Gasteiger partial charge in [-0.05, 0) is 50.1 Å². The number of piperidine rings is 1. The topological polar surface area (TPSA) is 75.4 Å². The molecule has 1 saturated heterocycles. The van der Waals surface area contributed by atoms with Gasteiger partial charge in [-0.1, -0.05) is 0 Å². The summed E-state index contributed by atoms with van der Waals surface area (Å²) in [7, 11) is 0. The summed E-state index contributed by atoms with van der Waals surface area (Å²) in [6.07, 6.45) is 3.10. The first-order valence-electron chi connectivity index (χ1n) is 7.69. The third-order valence-corrected chi connectivity index (χ3v) is 4.25. The summed E-state index contributed by atoms with van der Waals surface area (Å²) in [4.78, 5) is 25.3. The average Bonchev–Trinajstić information content (AvgIpc) is 3.00. The number of carboxylic acids is 1. The Morgan fingerprint density at radius 3 is 2.57 bits per heavy atom. The van der Waals surface area contributed by atoms with Crippen LogP contribution < -0.4 is 0 Å². The fourth-order valence-electron chi connectivity index (χ4n) is 2.93. The lowest BCUT2D eigenvalue weighted by Gasteiger charge is -2.30. The molecular formula is C17H19N3O3. The molecule has 1 fully saturated rings. The molecule has 1 aliphatic rings. The van der Waals surface area contributed by atoms with Crippen LogP contribution in [0.1, 0.15) is 28.9 Å². The van der Waals surface area contributed by atoms with Crippen LogP contribution in [0.4, 0.5) is 0 Å². The monoisotopic (exact) mass is 313 g/mol. The van der Waals surface area contributed by atoms with Crippen LogP contribution in [0.5, 0.6) is 0 Å². The number of rotatable bonds is 3. The first-order valence-corrected chi connectivity index (χ1v) is 7.69. The highest BCUT2D eigenvalue weighted by molar-refractivity contribution is 5.94. The highest BCUT2D eigenvalue weighted by Gasteiger charge is 2.28. The lowest BCUT2D eigenvalue weighted by molar-refractivity contribution is -0.143. The molecule has 0 radical (unpaired) electrons. The SMILES string of the molecule is Cc1ccnn1-c1ccc(C(=O)N2CCCC(C(=O)O)C2)cc1. The van der Waals surface area contributed by atoms with Crippen LogP contribution in [0.2, 0.25) is 0 Å². The van der Waals surface area contributed by atoms with Crippen LogP contribution in [0.3, 0.4) is 0 Å². The van der Waals surface area contributed by atoms with Crippen molar-refractivity contribution in [1.82, 2.24) is 14.7 Å². The number of amides is 1. The van der Waals surface area contributed by atoms with Crippen LogP contribution in [-0.2, 0) is 4.79 Å². The van der Waals surface area contributed by atoms with Gasteiger partial charge >= 0.3 is 5.97 Å². The lowest BCUT2D eigenvalue weighted by atomic mass is 9.97. The van der Waals surface area contributed by atoms with Crippen molar-refractivity contribution in [3.8, 4) is 5.69 Å². The summed E-state index contributed by atoms with van der Waals surface area (Å²) in [5.74, 6) is -1.40. The number of hydrogen-bond acceptors (Lipinski definition) is 3. The lowest BCUT2D eigenvalue weighted by Crippen LogP contribution is -2.42. The number of hydrogen-bond donors (Lipinski definition) is 1. The predicted molar refractivity (Wildman–Crippen MR) is 84.6 cm³/mol. The Bertz CT molecular complexity index is 721. The molecule has 3 rings (SSSR count). The van der Waals surface area contributed by atoms with E-state index in [-0.39, 0.29) is 12.5 Å². The van der Waals surface area contributed by atoms with Crippen LogP contribution in [0, 0.1) is 12.8 Å². The molecule has 1 amide bonds. The van der Waals surface area contributed by atoms with Gasteiger partial charge in [-0.15, -0.1) is 0 Å². The molecule has 0 bridgehead atoms. The number of benzene rings is 1. The molecular weight excluding hydrogens is 294 g/mol. The van der Waals surface area contributed by atoms with Crippen molar-refractivity contribution >= 4 is 11.9 Å². The molecule has 6 heteroatoms. The van der Waals surface area contributed by atoms with Crippen molar-refractivity contribution < 1.29 is 14.7 Å². The molecule has 1 aliphatic heterocycles. The Labute approximate surface area is 134 Å². The smallest absolute Gasteiger partial charge is 0.308 e. The second-order valence-corrected chi connectivity index (χ2v) is 5.86. The number of carbonyl (C=O) groups excluding carboxylic acids is 1. The quantitative estimate of drug-likeness (QED) is 0.942. The molecule has 2 heterocycles. The second kappa shape index (κ2) is 6.24. The van der Waals surface area contributed by atoms with Gasteiger partial charge in [-0.25, -0.2) is 4.68 Å². The van der Waals surface area contributed by atoms with Gasteiger partial charge in [-0.2, -0.15) is 5.10 Å². The van der Waals surface area contributed by atoms with E-state index in [4.69, 9.17) is 5.11 Å². The number of aromatic nitrogens is 2. The Kier molecular flexibility index (Phi) is 4.14. The standard InChI is InChI=1S/C17H19N3O3/c1-12-8-9-18-20(12)15-6-4-13(5-7-15)16(21)19-10-2-3-14(11-19)17(22)23/h4-9,14H,2-3,10-11H2,1H3,(H,22,23). The van der Waals surface area contributed by atoms with E-state index in [2.05, 4.69) is 5.10 Å². The summed E-state index contributed by atoms with van der Waals surface area (Å²) < 4.78 is 1.80. The van der Waals surface area contributed by atoms with Crippen LogP contribution in [0.15, 0.2) is 36.5 Å². The summed E-state index contributed by atoms with van der Waals surface area (Å²) in [5.41, 5.74) is 2.49. The fraction of sp³-hybridized carbons (Fsp3) is 0.353. The number of carboxylic acid groups (broad SMARTS) is 1. The van der Waals surface area contributed by atoms with Crippen LogP contribution in [-0.4, -0.2) is 44.8 Å². The summed E-state index contributed by atoms with van der Waals surface area (Å²) in [5, 5.41) is 13.4. The minimum Gasteiger partial charge on any atom is -0.481 e. The molecule has 1 aromatic heterocycles. The molecule has 2 aromatic rings. The molecule has 1 aromatic carbocycles. The average molecular weight is 313 g/mol. The molecule has 23 heavy (non-hydrogen) atoms. The maximum Gasteiger partial charge on any atom is 0.308 e. The zero-order chi connectivity index (χ0) is 16.4. The van der Waals surface area contributed by atoms with Crippen LogP contribution >= 0.6 is 0 Å². The summed E-state index contributed by atoms with van der Waals surface area (Å²) >= 11 is 0. The molecule has 1 atom stereocenters. The third kappa shape index (κ3) is 3.11. The van der Waals surface area contributed by atoms with E-state index in [1.54, 1.807) is 27.9 Å². The van der Waals surface area contributed by atoms with E-state index in [9.17, 15) is 9.59 Å². The molecule has 6 nitrogen and oxygen atoms in total. The van der Waals surface area contributed by atoms with E-state index in [1.807, 2.05) is 25.1 Å². The molecule has 1 N–H and O–H groups in total. The van der Waals surface area contributed by atoms with Crippen molar-refractivity contribution in [3.05, 3.63) is 47.8 Å². The third-order valence-electron chi connectivity index (χ3n) is 4.25. The maximum atomic E-state index is 12.5. The number of carbonyl (C=O) groups is 2. The minimum absolute atomic E-state index is 0.111. The van der Waals surface area contributed by atoms with Crippen molar-refractivity contribution in [3.63, 3.8) is 0 Å². The first kappa shape index (κ1) is 15.3. The van der Waals surface area contributed by atoms with Gasteiger partial charge < -0.3 is 10.0 Å². The minimum atomic E-state index is -0.827. The molecule has 0 saturated carbocycles. The van der Waals surface area contributed by atoms with Gasteiger partial charge in [0.05, 0.1) is 11.6 Å². The van der Waals surface area contributed by atoms with Gasteiger partial charge in [0.15, 0.2) is 0 Å². The van der Waals surface area contributed by atoms with Crippen LogP contribution in [0.25, 0.3) is 5.69 Å². The first-order chi connectivity index (χ1) is 11.1. The second-order valence-electron chi connectivity index (χ2n) is 5.86. The molecule has 120 valence electrons. The van der Waals surface area contributed by atoms with Crippen molar-refractivity contribution in [2.75, 3.05) is 13.1 Å². The Morgan fingerprint density at radius 1 is 1.22 bits per heavy atom. The van der Waals surface area contributed by atoms with Crippen molar-refractivity contribution in [2.24, 2.45) is 5.92 Å². The fourth-order valence-corrected chi connectivity index (χ4v) is 2.93. The largest absolute Gasteiger partial charge is 0.481 e. The molecule has 0 spiro atoms. The number of aryl methyl sites for hydroxylation is 1. The van der Waals surface area contributed by atoms with E-state index in [1.165, 1.54) is 0 Å². The molecule has 1 unspecified atom stereocenters. The normalized spacial score (nSPS) is 18.0. The van der Waals surface area contributed by atoms with Gasteiger partial charge in [0, 0.05) is 30.5 Å². The number of nitrogens with zero attached hydrogens (tertiary/aromatic N) is 3. The van der Waals surface area contributed by atoms with Gasteiger partial charge in [0.2, 0.25) is 0 Å². The van der Waals surface area contributed by atoms with E-state index in [0.717, 1.165) is 17.8 Å². The zero-order valence-electron chi connectivity index (χ0n) is 13.0. The van der Waals surface area contributed by atoms with Crippen molar-refractivity contribution in [1.29, 1.82) is 0 Å². The van der Waals surface area contributed by atoms with Gasteiger partial charge in [0.25, 0.3) is 5.91 Å². The Balaban J connectivity index is 1.75. The Morgan fingerprint density at radius 2 is 1.96 bits per heavy atom. The van der Waals surface area contributed by atoms with E-state index >= 15 is 0 Å². The van der Waals surface area contributed by atoms with Crippen molar-refractivity contribution in [2.45, 2.75) is 19.8 Å². The predicted octanol–water partition coefficient (Wildman–Crippen LogP) is 2.12. The highest BCUT2D eigenvalue weighted by Crippen LogP contribution is 2.19. The summed E-state index contributed by atoms with van der Waals surface area (Å²) in [6, 6.07) is 9.16. The molecule has 0 aliphatic carbocycles. The highest BCUT2D eigenvalue weighted by atomic mass is 16.4. The van der Waals surface area contributed by atoms with E-state index < -0.39 is 11.9 Å². The number of aliphatic carboxylic acids is 1. The zero-order valence-corrected chi connectivity index (χ0v) is 13.0. The van der Waals surface area contributed by atoms with E-state index in [0.29, 0.717) is 18.5 Å². The maximum absolute atomic E-state index is 12.5. The summed E-state index contributed by atoms with van der Waals surface area (Å²) in [6.45, 7) is 2.86. The number of likely N-dealkylation sites (tertiary alicyclic amines) is 1. The Hall–Kier alpha value is -2.63.